The molecule has 0 unspecified atom stereocenters. The minimum atomic E-state index is -1.63. The third kappa shape index (κ3) is 4.65. The highest BCUT2D eigenvalue weighted by Crippen LogP contribution is 2.28. The molecule has 1 aromatic rings. The summed E-state index contributed by atoms with van der Waals surface area (Å²) in [6, 6.07) is 5.00. The number of ether oxygens (including phenoxy) is 2. The molecule has 0 fully saturated rings. The molecular formula is C14H22BNO5. The van der Waals surface area contributed by atoms with Gasteiger partial charge < -0.3 is 24.8 Å². The molecule has 0 radical (unpaired) electrons. The summed E-state index contributed by atoms with van der Waals surface area (Å²) in [6.45, 7) is 3.87. The molecule has 0 aliphatic rings. The van der Waals surface area contributed by atoms with E-state index in [1.54, 1.807) is 18.2 Å². The molecule has 1 rings (SSSR count). The van der Waals surface area contributed by atoms with Gasteiger partial charge in [0.15, 0.2) is 0 Å². The summed E-state index contributed by atoms with van der Waals surface area (Å²) < 4.78 is 10.3. The van der Waals surface area contributed by atoms with Crippen LogP contribution in [-0.2, 0) is 0 Å². The standard InChI is InChI=1S/C14H22BNO5/c1-9(2)8-12(15(18)19)16-14(17)13-10(20-3)6-5-7-11(13)21-4/h5-7,9,12,18-19H,8H2,1-4H3,(H,16,17)/t12-/m0/s1. The van der Waals surface area contributed by atoms with E-state index in [1.807, 2.05) is 13.8 Å². The molecule has 1 aromatic carbocycles. The van der Waals surface area contributed by atoms with Crippen LogP contribution in [0.25, 0.3) is 0 Å². The normalized spacial score (nSPS) is 12.0. The Bertz CT molecular complexity index is 456. The average molecular weight is 295 g/mol. The fourth-order valence-electron chi connectivity index (χ4n) is 2.08. The van der Waals surface area contributed by atoms with Gasteiger partial charge in [0.2, 0.25) is 0 Å². The lowest BCUT2D eigenvalue weighted by Gasteiger charge is -2.21. The SMILES string of the molecule is COc1cccc(OC)c1C(=O)N[C@@H](CC(C)C)B(O)O. The van der Waals surface area contributed by atoms with Gasteiger partial charge in [0.25, 0.3) is 5.91 Å². The van der Waals surface area contributed by atoms with Gasteiger partial charge in [-0.15, -0.1) is 0 Å². The average Bonchev–Trinajstić information content (AvgIpc) is 2.44. The molecular weight excluding hydrogens is 273 g/mol. The molecule has 0 saturated carbocycles. The van der Waals surface area contributed by atoms with Gasteiger partial charge in [-0.05, 0) is 24.5 Å². The first-order valence-electron chi connectivity index (χ1n) is 6.78. The van der Waals surface area contributed by atoms with Crippen LogP contribution in [0.4, 0.5) is 0 Å². The Labute approximate surface area is 125 Å². The highest BCUT2D eigenvalue weighted by Gasteiger charge is 2.28. The molecule has 7 heteroatoms. The third-order valence-corrected chi connectivity index (χ3v) is 3.06. The smallest absolute Gasteiger partial charge is 0.475 e. The van der Waals surface area contributed by atoms with Crippen molar-refractivity contribution in [3.8, 4) is 11.5 Å². The van der Waals surface area contributed by atoms with Crippen LogP contribution in [0.1, 0.15) is 30.6 Å². The number of benzene rings is 1. The van der Waals surface area contributed by atoms with Crippen molar-refractivity contribution in [3.63, 3.8) is 0 Å². The van der Waals surface area contributed by atoms with Gasteiger partial charge in [0, 0.05) is 0 Å². The van der Waals surface area contributed by atoms with Crippen molar-refractivity contribution in [2.24, 2.45) is 5.92 Å². The zero-order valence-electron chi connectivity index (χ0n) is 12.8. The second kappa shape index (κ2) is 7.90. The van der Waals surface area contributed by atoms with Crippen molar-refractivity contribution in [3.05, 3.63) is 23.8 Å². The summed E-state index contributed by atoms with van der Waals surface area (Å²) in [5.74, 6) is -0.294. The van der Waals surface area contributed by atoms with Gasteiger partial charge >= 0.3 is 7.12 Å². The van der Waals surface area contributed by atoms with Gasteiger partial charge in [-0.3, -0.25) is 4.79 Å². The lowest BCUT2D eigenvalue weighted by molar-refractivity contribution is 0.0932. The Morgan fingerprint density at radius 1 is 1.24 bits per heavy atom. The summed E-state index contributed by atoms with van der Waals surface area (Å²) in [4.78, 5) is 12.4. The summed E-state index contributed by atoms with van der Waals surface area (Å²) in [5.41, 5.74) is 0.233. The van der Waals surface area contributed by atoms with Gasteiger partial charge in [-0.2, -0.15) is 0 Å². The maximum Gasteiger partial charge on any atom is 0.475 e. The van der Waals surface area contributed by atoms with Gasteiger partial charge in [0.05, 0.1) is 20.2 Å². The number of hydrogen-bond donors (Lipinski definition) is 3. The number of nitrogens with one attached hydrogen (secondary N) is 1. The molecule has 0 aliphatic heterocycles. The van der Waals surface area contributed by atoms with Crippen LogP contribution < -0.4 is 14.8 Å². The van der Waals surface area contributed by atoms with E-state index in [9.17, 15) is 14.8 Å². The predicted octanol–water partition coefficient (Wildman–Crippen LogP) is 0.860. The van der Waals surface area contributed by atoms with Crippen LogP contribution in [0.15, 0.2) is 18.2 Å². The molecule has 116 valence electrons. The van der Waals surface area contributed by atoms with Crippen LogP contribution in [0.5, 0.6) is 11.5 Å². The molecule has 0 heterocycles. The van der Waals surface area contributed by atoms with Crippen molar-refractivity contribution in [2.75, 3.05) is 14.2 Å². The Balaban J connectivity index is 3.02. The van der Waals surface area contributed by atoms with E-state index in [-0.39, 0.29) is 11.5 Å². The van der Waals surface area contributed by atoms with E-state index in [1.165, 1.54) is 14.2 Å². The monoisotopic (exact) mass is 295 g/mol. The number of amides is 1. The van der Waals surface area contributed by atoms with Crippen LogP contribution in [0, 0.1) is 5.92 Å². The number of rotatable bonds is 7. The van der Waals surface area contributed by atoms with Crippen molar-refractivity contribution < 1.29 is 24.3 Å². The second-order valence-electron chi connectivity index (χ2n) is 5.16. The first-order valence-corrected chi connectivity index (χ1v) is 6.78. The van der Waals surface area contributed by atoms with Crippen molar-refractivity contribution in [1.82, 2.24) is 5.32 Å². The maximum atomic E-state index is 12.4. The third-order valence-electron chi connectivity index (χ3n) is 3.06. The summed E-state index contributed by atoms with van der Waals surface area (Å²) in [5, 5.41) is 21.4. The number of carbonyl (C=O) groups is 1. The van der Waals surface area contributed by atoms with Crippen molar-refractivity contribution >= 4 is 13.0 Å². The molecule has 6 nitrogen and oxygen atoms in total. The fourth-order valence-corrected chi connectivity index (χ4v) is 2.08. The maximum absolute atomic E-state index is 12.4. The van der Waals surface area contributed by atoms with Crippen molar-refractivity contribution in [1.29, 1.82) is 0 Å². The molecule has 3 N–H and O–H groups in total. The quantitative estimate of drug-likeness (QED) is 0.649. The zero-order valence-corrected chi connectivity index (χ0v) is 12.8. The highest BCUT2D eigenvalue weighted by molar-refractivity contribution is 6.43. The van der Waals surface area contributed by atoms with E-state index >= 15 is 0 Å². The molecule has 0 saturated heterocycles. The minimum Gasteiger partial charge on any atom is -0.496 e. The second-order valence-corrected chi connectivity index (χ2v) is 5.16. The van der Waals surface area contributed by atoms with E-state index in [2.05, 4.69) is 5.32 Å². The van der Waals surface area contributed by atoms with Crippen LogP contribution >= 0.6 is 0 Å². The Morgan fingerprint density at radius 2 is 1.76 bits per heavy atom. The van der Waals surface area contributed by atoms with Crippen LogP contribution in [0.2, 0.25) is 0 Å². The molecule has 21 heavy (non-hydrogen) atoms. The zero-order chi connectivity index (χ0) is 16.0. The number of hydrogen-bond acceptors (Lipinski definition) is 5. The van der Waals surface area contributed by atoms with Crippen LogP contribution in [-0.4, -0.2) is 43.2 Å². The largest absolute Gasteiger partial charge is 0.496 e. The molecule has 1 amide bonds. The molecule has 0 bridgehead atoms. The number of carbonyl (C=O) groups excluding carboxylic acids is 1. The Kier molecular flexibility index (Phi) is 6.52. The van der Waals surface area contributed by atoms with E-state index < -0.39 is 19.0 Å². The Hall–Kier alpha value is -1.73. The molecule has 0 spiro atoms. The highest BCUT2D eigenvalue weighted by atomic mass is 16.5. The molecule has 1 atom stereocenters. The van der Waals surface area contributed by atoms with Gasteiger partial charge in [-0.1, -0.05) is 19.9 Å². The van der Waals surface area contributed by atoms with E-state index in [4.69, 9.17) is 9.47 Å². The Morgan fingerprint density at radius 3 is 2.14 bits per heavy atom. The fraction of sp³-hybridized carbons (Fsp3) is 0.500. The van der Waals surface area contributed by atoms with E-state index in [0.29, 0.717) is 17.9 Å². The molecule has 0 aromatic heterocycles. The lowest BCUT2D eigenvalue weighted by Crippen LogP contribution is -2.47. The van der Waals surface area contributed by atoms with Gasteiger partial charge in [-0.25, -0.2) is 0 Å². The topological polar surface area (TPSA) is 88.0 Å². The summed E-state index contributed by atoms with van der Waals surface area (Å²) >= 11 is 0. The lowest BCUT2D eigenvalue weighted by atomic mass is 9.75. The predicted molar refractivity (Wildman–Crippen MR) is 80.4 cm³/mol. The van der Waals surface area contributed by atoms with Gasteiger partial charge in [0.1, 0.15) is 17.1 Å². The summed E-state index contributed by atoms with van der Waals surface area (Å²) in [7, 11) is 1.29. The van der Waals surface area contributed by atoms with Crippen LogP contribution in [0.3, 0.4) is 0 Å². The summed E-state index contributed by atoms with van der Waals surface area (Å²) in [6.07, 6.45) is 0.445. The minimum absolute atomic E-state index is 0.205. The van der Waals surface area contributed by atoms with E-state index in [0.717, 1.165) is 0 Å². The first kappa shape index (κ1) is 17.3. The number of methoxy groups -OCH3 is 2. The first-order chi connectivity index (χ1) is 9.90. The molecule has 0 aliphatic carbocycles. The van der Waals surface area contributed by atoms with Crippen molar-refractivity contribution in [2.45, 2.75) is 26.2 Å².